The molecule has 17 heavy (non-hydrogen) atoms. The molecule has 1 aromatic carbocycles. The van der Waals surface area contributed by atoms with E-state index in [-0.39, 0.29) is 18.8 Å². The molecule has 0 unspecified atom stereocenters. The highest BCUT2D eigenvalue weighted by Gasteiger charge is 2.25. The standard InChI is InChI=1S/C11H12BrF4N/c12-10-3-2-9(13)6-8(10)7-17-5-1-4-11(14,15)16/h2-3,6,17H,1,4-5,7H2. The fourth-order valence-electron chi connectivity index (χ4n) is 1.32. The van der Waals surface area contributed by atoms with Crippen molar-refractivity contribution in [3.05, 3.63) is 34.1 Å². The number of nitrogens with one attached hydrogen (secondary N) is 1. The third-order valence-corrected chi connectivity index (χ3v) is 2.91. The van der Waals surface area contributed by atoms with Crippen molar-refractivity contribution >= 4 is 15.9 Å². The van der Waals surface area contributed by atoms with Crippen molar-refractivity contribution in [3.63, 3.8) is 0 Å². The number of halogens is 5. The van der Waals surface area contributed by atoms with Gasteiger partial charge in [0.05, 0.1) is 0 Å². The predicted octanol–water partition coefficient (Wildman–Crippen LogP) is 4.02. The molecule has 0 aromatic heterocycles. The average Bonchev–Trinajstić information content (AvgIpc) is 2.21. The van der Waals surface area contributed by atoms with Crippen molar-refractivity contribution in [2.45, 2.75) is 25.6 Å². The van der Waals surface area contributed by atoms with Crippen molar-refractivity contribution in [3.8, 4) is 0 Å². The van der Waals surface area contributed by atoms with Gasteiger partial charge >= 0.3 is 6.18 Å². The van der Waals surface area contributed by atoms with E-state index in [1.165, 1.54) is 12.1 Å². The zero-order valence-corrected chi connectivity index (χ0v) is 10.5. The van der Waals surface area contributed by atoms with Gasteiger partial charge in [-0.15, -0.1) is 0 Å². The fourth-order valence-corrected chi connectivity index (χ4v) is 1.70. The van der Waals surface area contributed by atoms with E-state index in [1.54, 1.807) is 6.07 Å². The second-order valence-electron chi connectivity index (χ2n) is 3.63. The molecule has 0 bridgehead atoms. The Labute approximate surface area is 105 Å². The second kappa shape index (κ2) is 6.35. The van der Waals surface area contributed by atoms with Crippen LogP contribution in [0.15, 0.2) is 22.7 Å². The molecule has 1 nitrogen and oxygen atoms in total. The lowest BCUT2D eigenvalue weighted by molar-refractivity contribution is -0.135. The topological polar surface area (TPSA) is 12.0 Å². The molecule has 0 fully saturated rings. The molecule has 0 atom stereocenters. The molecule has 0 amide bonds. The number of benzene rings is 1. The van der Waals surface area contributed by atoms with Crippen LogP contribution in [0, 0.1) is 5.82 Å². The summed E-state index contributed by atoms with van der Waals surface area (Å²) in [5, 5.41) is 2.85. The summed E-state index contributed by atoms with van der Waals surface area (Å²) < 4.78 is 49.1. The molecular weight excluding hydrogens is 302 g/mol. The molecule has 0 saturated carbocycles. The van der Waals surface area contributed by atoms with Crippen LogP contribution in [0.5, 0.6) is 0 Å². The summed E-state index contributed by atoms with van der Waals surface area (Å²) in [7, 11) is 0. The lowest BCUT2D eigenvalue weighted by atomic mass is 10.2. The van der Waals surface area contributed by atoms with Gasteiger partial charge in [-0.1, -0.05) is 15.9 Å². The number of alkyl halides is 3. The Hall–Kier alpha value is -0.620. The molecule has 6 heteroatoms. The maximum Gasteiger partial charge on any atom is 0.389 e. The maximum atomic E-state index is 12.9. The molecule has 0 saturated heterocycles. The van der Waals surface area contributed by atoms with Gasteiger partial charge in [0, 0.05) is 17.4 Å². The molecule has 1 rings (SSSR count). The van der Waals surface area contributed by atoms with E-state index in [0.29, 0.717) is 12.1 Å². The predicted molar refractivity (Wildman–Crippen MR) is 61.1 cm³/mol. The van der Waals surface area contributed by atoms with E-state index in [1.807, 2.05) is 0 Å². The summed E-state index contributed by atoms with van der Waals surface area (Å²) in [6.45, 7) is 0.596. The van der Waals surface area contributed by atoms with E-state index in [2.05, 4.69) is 21.2 Å². The number of hydrogen-bond acceptors (Lipinski definition) is 1. The molecule has 96 valence electrons. The minimum Gasteiger partial charge on any atom is -0.313 e. The highest BCUT2D eigenvalue weighted by molar-refractivity contribution is 9.10. The zero-order chi connectivity index (χ0) is 12.9. The van der Waals surface area contributed by atoms with Crippen molar-refractivity contribution in [2.75, 3.05) is 6.54 Å². The Morgan fingerprint density at radius 3 is 2.59 bits per heavy atom. The molecule has 1 N–H and O–H groups in total. The van der Waals surface area contributed by atoms with Crippen LogP contribution in [0.4, 0.5) is 17.6 Å². The second-order valence-corrected chi connectivity index (χ2v) is 4.49. The Balaban J connectivity index is 2.29. The average molecular weight is 314 g/mol. The first-order valence-corrected chi connectivity index (χ1v) is 5.89. The van der Waals surface area contributed by atoms with Crippen molar-refractivity contribution in [1.29, 1.82) is 0 Å². The van der Waals surface area contributed by atoms with Crippen LogP contribution in [0.25, 0.3) is 0 Å². The highest BCUT2D eigenvalue weighted by atomic mass is 79.9. The van der Waals surface area contributed by atoms with Crippen molar-refractivity contribution < 1.29 is 17.6 Å². The summed E-state index contributed by atoms with van der Waals surface area (Å²) >= 11 is 3.24. The summed E-state index contributed by atoms with van der Waals surface area (Å²) in [6, 6.07) is 4.24. The van der Waals surface area contributed by atoms with Crippen molar-refractivity contribution in [1.82, 2.24) is 5.32 Å². The first kappa shape index (κ1) is 14.4. The molecule has 0 heterocycles. The zero-order valence-electron chi connectivity index (χ0n) is 8.95. The van der Waals surface area contributed by atoms with Crippen LogP contribution < -0.4 is 5.32 Å². The normalized spacial score (nSPS) is 11.8. The van der Waals surface area contributed by atoms with Gasteiger partial charge in [0.15, 0.2) is 0 Å². The Morgan fingerprint density at radius 2 is 1.94 bits per heavy atom. The fraction of sp³-hybridized carbons (Fsp3) is 0.455. The first-order valence-electron chi connectivity index (χ1n) is 5.10. The van der Waals surface area contributed by atoms with Crippen LogP contribution >= 0.6 is 15.9 Å². The van der Waals surface area contributed by atoms with E-state index in [4.69, 9.17) is 0 Å². The molecular formula is C11H12BrF4N. The molecule has 0 aliphatic heterocycles. The number of hydrogen-bond donors (Lipinski definition) is 1. The SMILES string of the molecule is Fc1ccc(Br)c(CNCCCC(F)(F)F)c1. The van der Waals surface area contributed by atoms with Crippen LogP contribution in [-0.2, 0) is 6.54 Å². The minimum absolute atomic E-state index is 0.0242. The van der Waals surface area contributed by atoms with Gasteiger partial charge in [0.1, 0.15) is 5.82 Å². The van der Waals surface area contributed by atoms with Gasteiger partial charge in [-0.3, -0.25) is 0 Å². The smallest absolute Gasteiger partial charge is 0.313 e. The minimum atomic E-state index is -4.11. The van der Waals surface area contributed by atoms with Gasteiger partial charge in [-0.2, -0.15) is 13.2 Å². The largest absolute Gasteiger partial charge is 0.389 e. The van der Waals surface area contributed by atoms with Gasteiger partial charge in [-0.05, 0) is 36.7 Å². The molecule has 0 aliphatic rings. The van der Waals surface area contributed by atoms with Gasteiger partial charge in [0.25, 0.3) is 0 Å². The Kier molecular flexibility index (Phi) is 5.39. The molecule has 0 spiro atoms. The third kappa shape index (κ3) is 6.02. The monoisotopic (exact) mass is 313 g/mol. The number of rotatable bonds is 5. The van der Waals surface area contributed by atoms with E-state index < -0.39 is 12.6 Å². The van der Waals surface area contributed by atoms with Crippen LogP contribution in [-0.4, -0.2) is 12.7 Å². The van der Waals surface area contributed by atoms with E-state index in [9.17, 15) is 17.6 Å². The molecule has 1 aromatic rings. The summed E-state index contributed by atoms with van der Waals surface area (Å²) in [5.74, 6) is -0.361. The van der Waals surface area contributed by atoms with Crippen LogP contribution in [0.3, 0.4) is 0 Å². The summed E-state index contributed by atoms with van der Waals surface area (Å²) in [5.41, 5.74) is 0.692. The maximum absolute atomic E-state index is 12.9. The Bertz CT molecular complexity index is 365. The van der Waals surface area contributed by atoms with Crippen LogP contribution in [0.2, 0.25) is 0 Å². The van der Waals surface area contributed by atoms with Gasteiger partial charge in [0.2, 0.25) is 0 Å². The summed E-state index contributed by atoms with van der Waals surface area (Å²) in [4.78, 5) is 0. The lowest BCUT2D eigenvalue weighted by Crippen LogP contribution is -2.18. The highest BCUT2D eigenvalue weighted by Crippen LogP contribution is 2.21. The van der Waals surface area contributed by atoms with Gasteiger partial charge in [-0.25, -0.2) is 4.39 Å². The molecule has 0 radical (unpaired) electrons. The van der Waals surface area contributed by atoms with Gasteiger partial charge < -0.3 is 5.32 Å². The first-order chi connectivity index (χ1) is 7.88. The van der Waals surface area contributed by atoms with E-state index in [0.717, 1.165) is 4.47 Å². The Morgan fingerprint density at radius 1 is 1.24 bits per heavy atom. The van der Waals surface area contributed by atoms with Crippen molar-refractivity contribution in [2.24, 2.45) is 0 Å². The summed E-state index contributed by atoms with van der Waals surface area (Å²) in [6.07, 6.45) is -4.89. The third-order valence-electron chi connectivity index (χ3n) is 2.14. The van der Waals surface area contributed by atoms with Crippen LogP contribution in [0.1, 0.15) is 18.4 Å². The molecule has 0 aliphatic carbocycles. The quantitative estimate of drug-likeness (QED) is 0.639. The lowest BCUT2D eigenvalue weighted by Gasteiger charge is -2.08. The van der Waals surface area contributed by atoms with E-state index >= 15 is 0 Å².